The molecule has 0 spiro atoms. The minimum Gasteiger partial charge on any atom is -0.394 e. The van der Waals surface area contributed by atoms with Crippen LogP contribution in [-0.2, 0) is 9.47 Å². The van der Waals surface area contributed by atoms with E-state index in [0.717, 1.165) is 5.33 Å². The highest BCUT2D eigenvalue weighted by atomic mass is 79.9. The molecule has 1 N–H and O–H groups in total. The minimum atomic E-state index is -0.128. The molecule has 1 fully saturated rings. The summed E-state index contributed by atoms with van der Waals surface area (Å²) in [7, 11) is 0. The second kappa shape index (κ2) is 4.28. The standard InChI is InChI=1S/C6H11BrO3/c7-1-5-3-9-4-6(2-8)10-5/h5-6,8H,1-4H2. The third-order valence-corrected chi connectivity index (χ3v) is 2.09. The first kappa shape index (κ1) is 8.46. The zero-order valence-electron chi connectivity index (χ0n) is 5.62. The van der Waals surface area contributed by atoms with Crippen LogP contribution in [0.5, 0.6) is 0 Å². The molecule has 0 amide bonds. The molecular weight excluding hydrogens is 200 g/mol. The van der Waals surface area contributed by atoms with Crippen LogP contribution < -0.4 is 0 Å². The quantitative estimate of drug-likeness (QED) is 0.661. The highest BCUT2D eigenvalue weighted by Gasteiger charge is 2.20. The number of hydrogen-bond donors (Lipinski definition) is 1. The first-order valence-electron chi connectivity index (χ1n) is 3.27. The lowest BCUT2D eigenvalue weighted by Crippen LogP contribution is -2.38. The number of aliphatic hydroxyl groups is 1. The largest absolute Gasteiger partial charge is 0.394 e. The van der Waals surface area contributed by atoms with Gasteiger partial charge in [0.05, 0.1) is 25.9 Å². The Morgan fingerprint density at radius 3 is 2.70 bits per heavy atom. The second-order valence-electron chi connectivity index (χ2n) is 2.25. The van der Waals surface area contributed by atoms with Gasteiger partial charge in [0.2, 0.25) is 0 Å². The molecule has 2 unspecified atom stereocenters. The zero-order chi connectivity index (χ0) is 7.40. The monoisotopic (exact) mass is 210 g/mol. The van der Waals surface area contributed by atoms with Crippen molar-refractivity contribution in [2.75, 3.05) is 25.2 Å². The topological polar surface area (TPSA) is 38.7 Å². The summed E-state index contributed by atoms with van der Waals surface area (Å²) in [6.07, 6.45) is -0.0257. The molecule has 0 aliphatic carbocycles. The number of halogens is 1. The summed E-state index contributed by atoms with van der Waals surface area (Å²) in [5.41, 5.74) is 0. The predicted octanol–water partition coefficient (Wildman–Crippen LogP) is 0.158. The van der Waals surface area contributed by atoms with E-state index < -0.39 is 0 Å². The van der Waals surface area contributed by atoms with Gasteiger partial charge in [-0.05, 0) is 0 Å². The van der Waals surface area contributed by atoms with Crippen molar-refractivity contribution in [3.63, 3.8) is 0 Å². The number of rotatable bonds is 2. The first-order valence-corrected chi connectivity index (χ1v) is 4.39. The molecule has 1 saturated heterocycles. The van der Waals surface area contributed by atoms with E-state index in [1.54, 1.807) is 0 Å². The molecule has 1 aliphatic heterocycles. The first-order chi connectivity index (χ1) is 4.86. The van der Waals surface area contributed by atoms with Crippen molar-refractivity contribution in [3.05, 3.63) is 0 Å². The minimum absolute atomic E-state index is 0.0451. The molecule has 1 rings (SSSR count). The second-order valence-corrected chi connectivity index (χ2v) is 2.90. The van der Waals surface area contributed by atoms with Gasteiger partial charge in [0.25, 0.3) is 0 Å². The van der Waals surface area contributed by atoms with Gasteiger partial charge in [-0.2, -0.15) is 0 Å². The summed E-state index contributed by atoms with van der Waals surface area (Å²) in [5, 5.41) is 9.45. The lowest BCUT2D eigenvalue weighted by atomic mass is 10.3. The maximum atomic E-state index is 8.68. The SMILES string of the molecule is OCC1COCC(CBr)O1. The van der Waals surface area contributed by atoms with Crippen LogP contribution in [0.4, 0.5) is 0 Å². The molecule has 1 heterocycles. The van der Waals surface area contributed by atoms with Crippen molar-refractivity contribution >= 4 is 15.9 Å². The van der Waals surface area contributed by atoms with Gasteiger partial charge in [-0.15, -0.1) is 0 Å². The van der Waals surface area contributed by atoms with E-state index in [9.17, 15) is 0 Å². The molecule has 0 aromatic heterocycles. The molecule has 4 heteroatoms. The fraction of sp³-hybridized carbons (Fsp3) is 1.00. The summed E-state index contributed by atoms with van der Waals surface area (Å²) < 4.78 is 10.5. The van der Waals surface area contributed by atoms with Crippen molar-refractivity contribution < 1.29 is 14.6 Å². The predicted molar refractivity (Wildman–Crippen MR) is 40.4 cm³/mol. The summed E-state index contributed by atoms with van der Waals surface area (Å²) in [5.74, 6) is 0. The number of ether oxygens (including phenoxy) is 2. The van der Waals surface area contributed by atoms with E-state index in [1.807, 2.05) is 0 Å². The van der Waals surface area contributed by atoms with E-state index in [0.29, 0.717) is 13.2 Å². The molecular formula is C6H11BrO3. The van der Waals surface area contributed by atoms with E-state index in [4.69, 9.17) is 14.6 Å². The number of aliphatic hydroxyl groups excluding tert-OH is 1. The Morgan fingerprint density at radius 1 is 1.40 bits per heavy atom. The van der Waals surface area contributed by atoms with Crippen LogP contribution in [0.15, 0.2) is 0 Å². The average Bonchev–Trinajstić information content (AvgIpc) is 2.05. The normalized spacial score (nSPS) is 34.2. The van der Waals surface area contributed by atoms with E-state index in [2.05, 4.69) is 15.9 Å². The zero-order valence-corrected chi connectivity index (χ0v) is 7.21. The molecule has 0 radical (unpaired) electrons. The Bertz CT molecular complexity index is 89.0. The van der Waals surface area contributed by atoms with Crippen LogP contribution in [-0.4, -0.2) is 42.5 Å². The van der Waals surface area contributed by atoms with Crippen molar-refractivity contribution in [1.29, 1.82) is 0 Å². The Labute approximate surface area is 68.4 Å². The fourth-order valence-corrected chi connectivity index (χ4v) is 1.20. The Hall–Kier alpha value is 0.360. The van der Waals surface area contributed by atoms with Gasteiger partial charge in [-0.3, -0.25) is 0 Å². The number of alkyl halides is 1. The van der Waals surface area contributed by atoms with Crippen LogP contribution in [0, 0.1) is 0 Å². The highest BCUT2D eigenvalue weighted by molar-refractivity contribution is 9.09. The van der Waals surface area contributed by atoms with Gasteiger partial charge >= 0.3 is 0 Å². The Kier molecular flexibility index (Phi) is 3.62. The smallest absolute Gasteiger partial charge is 0.104 e. The highest BCUT2D eigenvalue weighted by Crippen LogP contribution is 2.08. The Morgan fingerprint density at radius 2 is 2.10 bits per heavy atom. The molecule has 10 heavy (non-hydrogen) atoms. The van der Waals surface area contributed by atoms with Crippen LogP contribution in [0.25, 0.3) is 0 Å². The van der Waals surface area contributed by atoms with Gasteiger partial charge in [-0.1, -0.05) is 15.9 Å². The van der Waals surface area contributed by atoms with Crippen LogP contribution in [0.2, 0.25) is 0 Å². The third-order valence-electron chi connectivity index (χ3n) is 1.37. The lowest BCUT2D eigenvalue weighted by molar-refractivity contribution is -0.141. The average molecular weight is 211 g/mol. The molecule has 3 nitrogen and oxygen atoms in total. The molecule has 60 valence electrons. The van der Waals surface area contributed by atoms with Gasteiger partial charge in [0.15, 0.2) is 0 Å². The van der Waals surface area contributed by atoms with E-state index >= 15 is 0 Å². The molecule has 1 aliphatic rings. The summed E-state index contributed by atoms with van der Waals surface area (Å²) >= 11 is 3.28. The van der Waals surface area contributed by atoms with Crippen LogP contribution >= 0.6 is 15.9 Å². The van der Waals surface area contributed by atoms with Crippen molar-refractivity contribution in [1.82, 2.24) is 0 Å². The fourth-order valence-electron chi connectivity index (χ4n) is 0.858. The summed E-state index contributed by atoms with van der Waals surface area (Å²) in [6.45, 7) is 1.19. The van der Waals surface area contributed by atoms with Crippen molar-refractivity contribution in [2.45, 2.75) is 12.2 Å². The van der Waals surface area contributed by atoms with Gasteiger partial charge in [0.1, 0.15) is 6.10 Å². The maximum absolute atomic E-state index is 8.68. The molecule has 0 aromatic carbocycles. The third kappa shape index (κ3) is 2.20. The molecule has 0 saturated carbocycles. The van der Waals surface area contributed by atoms with Gasteiger partial charge in [-0.25, -0.2) is 0 Å². The molecule has 0 aromatic rings. The summed E-state index contributed by atoms with van der Waals surface area (Å²) in [4.78, 5) is 0. The van der Waals surface area contributed by atoms with E-state index in [-0.39, 0.29) is 18.8 Å². The number of hydrogen-bond acceptors (Lipinski definition) is 3. The van der Waals surface area contributed by atoms with Crippen LogP contribution in [0.3, 0.4) is 0 Å². The Balaban J connectivity index is 2.25. The molecule has 2 atom stereocenters. The maximum Gasteiger partial charge on any atom is 0.104 e. The molecule has 0 bridgehead atoms. The van der Waals surface area contributed by atoms with Crippen molar-refractivity contribution in [2.24, 2.45) is 0 Å². The van der Waals surface area contributed by atoms with Crippen molar-refractivity contribution in [3.8, 4) is 0 Å². The van der Waals surface area contributed by atoms with Gasteiger partial charge in [0, 0.05) is 5.33 Å². The summed E-state index contributed by atoms with van der Waals surface area (Å²) in [6, 6.07) is 0. The lowest BCUT2D eigenvalue weighted by Gasteiger charge is -2.27. The van der Waals surface area contributed by atoms with Gasteiger partial charge < -0.3 is 14.6 Å². The van der Waals surface area contributed by atoms with E-state index in [1.165, 1.54) is 0 Å². The van der Waals surface area contributed by atoms with Crippen LogP contribution in [0.1, 0.15) is 0 Å².